The molecule has 0 bridgehead atoms. The smallest absolute Gasteiger partial charge is 0.128 e. The average molecular weight is 355 g/mol. The Bertz CT molecular complexity index is 955. The van der Waals surface area contributed by atoms with Crippen LogP contribution in [0, 0.1) is 18.3 Å². The van der Waals surface area contributed by atoms with Crippen LogP contribution in [0.3, 0.4) is 0 Å². The summed E-state index contributed by atoms with van der Waals surface area (Å²) in [6.45, 7) is 5.50. The van der Waals surface area contributed by atoms with Crippen molar-refractivity contribution in [3.05, 3.63) is 72.2 Å². The number of piperazine rings is 1. The predicted octanol–water partition coefficient (Wildman–Crippen LogP) is 3.65. The number of nitriles is 1. The van der Waals surface area contributed by atoms with E-state index in [-0.39, 0.29) is 0 Å². The van der Waals surface area contributed by atoms with E-state index >= 15 is 0 Å². The van der Waals surface area contributed by atoms with Crippen molar-refractivity contribution in [2.24, 2.45) is 0 Å². The van der Waals surface area contributed by atoms with Gasteiger partial charge in [-0.05, 0) is 48.4 Å². The summed E-state index contributed by atoms with van der Waals surface area (Å²) in [5.74, 6) is 1.01. The molecule has 3 aromatic rings. The minimum absolute atomic E-state index is 0.758. The number of aryl methyl sites for hydroxylation is 1. The molecule has 4 rings (SSSR count). The Labute approximate surface area is 159 Å². The molecule has 1 aliphatic heterocycles. The van der Waals surface area contributed by atoms with Gasteiger partial charge in [-0.25, -0.2) is 4.98 Å². The van der Waals surface area contributed by atoms with Crippen LogP contribution in [-0.2, 0) is 0 Å². The lowest BCUT2D eigenvalue weighted by atomic mass is 9.98. The van der Waals surface area contributed by atoms with Gasteiger partial charge in [0.15, 0.2) is 0 Å². The van der Waals surface area contributed by atoms with Crippen LogP contribution in [0.25, 0.3) is 11.1 Å². The van der Waals surface area contributed by atoms with Crippen LogP contribution in [0.4, 0.5) is 11.5 Å². The van der Waals surface area contributed by atoms with Gasteiger partial charge in [0.25, 0.3) is 0 Å². The number of aromatic nitrogens is 2. The van der Waals surface area contributed by atoms with Gasteiger partial charge in [0.05, 0.1) is 11.3 Å². The largest absolute Gasteiger partial charge is 0.367 e. The fourth-order valence-corrected chi connectivity index (χ4v) is 3.58. The quantitative estimate of drug-likeness (QED) is 0.718. The summed E-state index contributed by atoms with van der Waals surface area (Å²) >= 11 is 0. The molecule has 5 nitrogen and oxygen atoms in total. The molecule has 1 fully saturated rings. The summed E-state index contributed by atoms with van der Waals surface area (Å²) in [6, 6.07) is 16.6. The van der Waals surface area contributed by atoms with Gasteiger partial charge in [0.2, 0.25) is 0 Å². The number of hydrogen-bond acceptors (Lipinski definition) is 5. The number of anilines is 2. The third kappa shape index (κ3) is 3.47. The minimum atomic E-state index is 0.758. The Hall–Kier alpha value is -3.39. The summed E-state index contributed by atoms with van der Waals surface area (Å²) in [6.07, 6.45) is 5.47. The molecule has 0 aliphatic carbocycles. The topological polar surface area (TPSA) is 56.1 Å². The normalized spacial score (nSPS) is 14.1. The van der Waals surface area contributed by atoms with E-state index in [9.17, 15) is 5.26 Å². The Morgan fingerprint density at radius 3 is 2.41 bits per heavy atom. The molecule has 134 valence electrons. The molecule has 0 radical (unpaired) electrons. The predicted molar refractivity (Wildman–Crippen MR) is 108 cm³/mol. The van der Waals surface area contributed by atoms with E-state index in [0.717, 1.165) is 59.9 Å². The van der Waals surface area contributed by atoms with Crippen molar-refractivity contribution in [2.45, 2.75) is 6.92 Å². The van der Waals surface area contributed by atoms with Crippen molar-refractivity contribution in [2.75, 3.05) is 36.0 Å². The van der Waals surface area contributed by atoms with Crippen molar-refractivity contribution in [1.29, 1.82) is 5.26 Å². The van der Waals surface area contributed by atoms with E-state index in [1.165, 1.54) is 0 Å². The summed E-state index contributed by atoms with van der Waals surface area (Å²) < 4.78 is 0. The first-order valence-electron chi connectivity index (χ1n) is 9.12. The molecule has 0 spiro atoms. The molecule has 1 aromatic carbocycles. The molecule has 0 atom stereocenters. The Morgan fingerprint density at radius 1 is 0.926 bits per heavy atom. The first kappa shape index (κ1) is 17.0. The van der Waals surface area contributed by atoms with Gasteiger partial charge in [0, 0.05) is 50.3 Å². The standard InChI is InChI=1S/C22H21N5/c1-17-13-19(18-5-4-7-24-16-18)14-21(20(17)15-23)26-9-11-27(12-10-26)22-6-2-3-8-25-22/h2-8,13-14,16H,9-12H2,1H3. The van der Waals surface area contributed by atoms with E-state index in [1.807, 2.05) is 43.6 Å². The molecule has 0 saturated carbocycles. The molecular formula is C22H21N5. The summed E-state index contributed by atoms with van der Waals surface area (Å²) in [5, 5.41) is 9.71. The van der Waals surface area contributed by atoms with Crippen molar-refractivity contribution in [3.63, 3.8) is 0 Å². The second kappa shape index (κ2) is 7.46. The number of benzene rings is 1. The highest BCUT2D eigenvalue weighted by Crippen LogP contribution is 2.31. The molecule has 1 saturated heterocycles. The molecule has 0 N–H and O–H groups in total. The fourth-order valence-electron chi connectivity index (χ4n) is 3.58. The molecule has 0 unspecified atom stereocenters. The molecule has 0 amide bonds. The number of pyridine rings is 2. The zero-order valence-corrected chi connectivity index (χ0v) is 15.3. The summed E-state index contributed by atoms with van der Waals surface area (Å²) in [4.78, 5) is 13.3. The van der Waals surface area contributed by atoms with Gasteiger partial charge in [-0.1, -0.05) is 12.1 Å². The molecule has 3 heterocycles. The van der Waals surface area contributed by atoms with Crippen molar-refractivity contribution >= 4 is 11.5 Å². The number of nitrogens with zero attached hydrogens (tertiary/aromatic N) is 5. The maximum absolute atomic E-state index is 9.71. The molecule has 27 heavy (non-hydrogen) atoms. The maximum Gasteiger partial charge on any atom is 0.128 e. The highest BCUT2D eigenvalue weighted by molar-refractivity contribution is 5.74. The Balaban J connectivity index is 1.62. The lowest BCUT2D eigenvalue weighted by Gasteiger charge is -2.37. The monoisotopic (exact) mass is 355 g/mol. The van der Waals surface area contributed by atoms with Crippen LogP contribution < -0.4 is 9.80 Å². The van der Waals surface area contributed by atoms with Crippen LogP contribution in [0.15, 0.2) is 61.1 Å². The van der Waals surface area contributed by atoms with E-state index in [4.69, 9.17) is 0 Å². The van der Waals surface area contributed by atoms with Gasteiger partial charge in [-0.2, -0.15) is 5.26 Å². The Morgan fingerprint density at radius 2 is 1.74 bits per heavy atom. The lowest BCUT2D eigenvalue weighted by molar-refractivity contribution is 0.647. The van der Waals surface area contributed by atoms with E-state index in [0.29, 0.717) is 0 Å². The van der Waals surface area contributed by atoms with Gasteiger partial charge < -0.3 is 9.80 Å². The first-order chi connectivity index (χ1) is 13.3. The van der Waals surface area contributed by atoms with Crippen LogP contribution in [-0.4, -0.2) is 36.1 Å². The summed E-state index contributed by atoms with van der Waals surface area (Å²) in [5.41, 5.74) is 4.94. The van der Waals surface area contributed by atoms with Gasteiger partial charge in [-0.3, -0.25) is 4.98 Å². The van der Waals surface area contributed by atoms with Gasteiger partial charge in [-0.15, -0.1) is 0 Å². The third-order valence-corrected chi connectivity index (χ3v) is 5.02. The average Bonchev–Trinajstić information content (AvgIpc) is 2.74. The second-order valence-electron chi connectivity index (χ2n) is 6.70. The van der Waals surface area contributed by atoms with Crippen molar-refractivity contribution < 1.29 is 0 Å². The zero-order valence-electron chi connectivity index (χ0n) is 15.3. The zero-order chi connectivity index (χ0) is 18.6. The highest BCUT2D eigenvalue weighted by Gasteiger charge is 2.21. The molecule has 1 aliphatic rings. The molecule has 5 heteroatoms. The SMILES string of the molecule is Cc1cc(-c2cccnc2)cc(N2CCN(c3ccccn3)CC2)c1C#N. The van der Waals surface area contributed by atoms with E-state index in [1.54, 1.807) is 6.20 Å². The van der Waals surface area contributed by atoms with Crippen LogP contribution in [0.2, 0.25) is 0 Å². The van der Waals surface area contributed by atoms with Crippen LogP contribution in [0.5, 0.6) is 0 Å². The number of hydrogen-bond donors (Lipinski definition) is 0. The first-order valence-corrected chi connectivity index (χ1v) is 9.12. The van der Waals surface area contributed by atoms with E-state index < -0.39 is 0 Å². The van der Waals surface area contributed by atoms with Gasteiger partial charge in [0.1, 0.15) is 11.9 Å². The van der Waals surface area contributed by atoms with Crippen LogP contribution in [0.1, 0.15) is 11.1 Å². The van der Waals surface area contributed by atoms with Gasteiger partial charge >= 0.3 is 0 Å². The van der Waals surface area contributed by atoms with Crippen molar-refractivity contribution in [1.82, 2.24) is 9.97 Å². The Kier molecular flexibility index (Phi) is 4.71. The molecule has 2 aromatic heterocycles. The molecular weight excluding hydrogens is 334 g/mol. The van der Waals surface area contributed by atoms with Crippen LogP contribution >= 0.6 is 0 Å². The number of rotatable bonds is 3. The highest BCUT2D eigenvalue weighted by atomic mass is 15.3. The van der Waals surface area contributed by atoms with E-state index in [2.05, 4.69) is 44.0 Å². The van der Waals surface area contributed by atoms with Crippen molar-refractivity contribution in [3.8, 4) is 17.2 Å². The minimum Gasteiger partial charge on any atom is -0.367 e. The fraction of sp³-hybridized carbons (Fsp3) is 0.227. The third-order valence-electron chi connectivity index (χ3n) is 5.02. The second-order valence-corrected chi connectivity index (χ2v) is 6.70. The maximum atomic E-state index is 9.71. The summed E-state index contributed by atoms with van der Waals surface area (Å²) in [7, 11) is 0. The lowest BCUT2D eigenvalue weighted by Crippen LogP contribution is -2.47.